The third-order valence-corrected chi connectivity index (χ3v) is 2.08. The molecule has 0 aromatic heterocycles. The number of nitrogens with one attached hydrogen (secondary N) is 3. The lowest BCUT2D eigenvalue weighted by atomic mass is 10.1. The highest BCUT2D eigenvalue weighted by Gasteiger charge is 2.00. The zero-order valence-corrected chi connectivity index (χ0v) is 9.66. The van der Waals surface area contributed by atoms with Gasteiger partial charge >= 0.3 is 6.03 Å². The third kappa shape index (κ3) is 3.98. The van der Waals surface area contributed by atoms with Crippen LogP contribution in [0.2, 0.25) is 0 Å². The topological polar surface area (TPSA) is 91.0 Å². The van der Waals surface area contributed by atoms with Gasteiger partial charge in [-0.25, -0.2) is 4.79 Å². The van der Waals surface area contributed by atoms with Crippen LogP contribution in [0.15, 0.2) is 30.3 Å². The lowest BCUT2D eigenvalue weighted by Gasteiger charge is -2.06. The molecule has 5 N–H and O–H groups in total. The molecule has 0 radical (unpaired) electrons. The molecule has 2 amide bonds. The van der Waals surface area contributed by atoms with Crippen molar-refractivity contribution in [2.75, 3.05) is 11.9 Å². The van der Waals surface area contributed by atoms with Gasteiger partial charge in [0.05, 0.1) is 0 Å². The molecule has 0 aliphatic carbocycles. The third-order valence-electron chi connectivity index (χ3n) is 2.08. The quantitative estimate of drug-likeness (QED) is 0.596. The number of hydrogen-bond donors (Lipinski definition) is 4. The highest BCUT2D eigenvalue weighted by atomic mass is 16.2. The summed E-state index contributed by atoms with van der Waals surface area (Å²) in [6, 6.07) is 6.86. The zero-order valence-electron chi connectivity index (χ0n) is 9.66. The minimum absolute atomic E-state index is 0.233. The maximum absolute atomic E-state index is 11.2. The molecule has 17 heavy (non-hydrogen) atoms. The molecule has 0 fully saturated rings. The van der Waals surface area contributed by atoms with Crippen LogP contribution >= 0.6 is 0 Å². The number of allylic oxidation sites excluding steroid dienone is 1. The van der Waals surface area contributed by atoms with E-state index in [9.17, 15) is 4.79 Å². The summed E-state index contributed by atoms with van der Waals surface area (Å²) < 4.78 is 0. The number of carbonyl (C=O) groups excluding carboxylic acids is 1. The van der Waals surface area contributed by atoms with Crippen LogP contribution in [-0.2, 0) is 0 Å². The van der Waals surface area contributed by atoms with Crippen LogP contribution in [0, 0.1) is 5.41 Å². The number of urea groups is 1. The predicted molar refractivity (Wildman–Crippen MR) is 70.1 cm³/mol. The van der Waals surface area contributed by atoms with Crippen molar-refractivity contribution in [2.45, 2.75) is 6.92 Å². The van der Waals surface area contributed by atoms with E-state index in [1.54, 1.807) is 24.3 Å². The summed E-state index contributed by atoms with van der Waals surface area (Å²) in [6.07, 6.45) is 2.64. The molecule has 0 bridgehead atoms. The average Bonchev–Trinajstić information content (AvgIpc) is 2.30. The van der Waals surface area contributed by atoms with Gasteiger partial charge < -0.3 is 21.8 Å². The molecule has 0 atom stereocenters. The van der Waals surface area contributed by atoms with Crippen LogP contribution in [0.5, 0.6) is 0 Å². The van der Waals surface area contributed by atoms with Crippen molar-refractivity contribution >= 4 is 23.6 Å². The summed E-state index contributed by atoms with van der Waals surface area (Å²) in [5, 5.41) is 12.2. The lowest BCUT2D eigenvalue weighted by Crippen LogP contribution is -2.28. The summed E-state index contributed by atoms with van der Waals surface area (Å²) in [7, 11) is 0. The number of carbonyl (C=O) groups is 1. The summed E-state index contributed by atoms with van der Waals surface area (Å²) in [6.45, 7) is 2.43. The molecule has 90 valence electrons. The van der Waals surface area contributed by atoms with Gasteiger partial charge in [0.25, 0.3) is 0 Å². The van der Waals surface area contributed by atoms with Crippen molar-refractivity contribution in [1.82, 2.24) is 5.32 Å². The Labute approximate surface area is 100 Å². The van der Waals surface area contributed by atoms with Crippen LogP contribution in [0.4, 0.5) is 10.5 Å². The van der Waals surface area contributed by atoms with Crippen molar-refractivity contribution in [3.63, 3.8) is 0 Å². The highest BCUT2D eigenvalue weighted by molar-refractivity contribution is 5.89. The van der Waals surface area contributed by atoms with Gasteiger partial charge in [0.1, 0.15) is 0 Å². The van der Waals surface area contributed by atoms with Crippen LogP contribution in [0.3, 0.4) is 0 Å². The van der Waals surface area contributed by atoms with Gasteiger partial charge in [-0.1, -0.05) is 12.1 Å². The Morgan fingerprint density at radius 3 is 2.59 bits per heavy atom. The fourth-order valence-corrected chi connectivity index (χ4v) is 1.27. The van der Waals surface area contributed by atoms with Crippen LogP contribution in [0.1, 0.15) is 12.5 Å². The summed E-state index contributed by atoms with van der Waals surface area (Å²) in [5.74, 6) is 0. The highest BCUT2D eigenvalue weighted by Crippen LogP contribution is 2.13. The van der Waals surface area contributed by atoms with Crippen molar-refractivity contribution in [3.8, 4) is 0 Å². The molecule has 1 aromatic carbocycles. The fraction of sp³-hybridized carbons (Fsp3) is 0.167. The maximum Gasteiger partial charge on any atom is 0.319 e. The van der Waals surface area contributed by atoms with Gasteiger partial charge in [0.2, 0.25) is 0 Å². The van der Waals surface area contributed by atoms with Crippen LogP contribution in [0.25, 0.3) is 5.70 Å². The van der Waals surface area contributed by atoms with Crippen LogP contribution < -0.4 is 16.4 Å². The number of hydrogen-bond acceptors (Lipinski definition) is 3. The van der Waals surface area contributed by atoms with Crippen LogP contribution in [-0.4, -0.2) is 18.8 Å². The first-order valence-corrected chi connectivity index (χ1v) is 5.29. The molecular weight excluding hydrogens is 216 g/mol. The molecule has 1 aromatic rings. The Morgan fingerprint density at radius 2 is 2.06 bits per heavy atom. The Balaban J connectivity index is 2.71. The molecular formula is C12H16N4O. The number of amides is 2. The minimum atomic E-state index is -0.233. The second-order valence-electron chi connectivity index (χ2n) is 3.35. The van der Waals surface area contributed by atoms with E-state index in [0.717, 1.165) is 11.8 Å². The summed E-state index contributed by atoms with van der Waals surface area (Å²) in [4.78, 5) is 11.2. The van der Waals surface area contributed by atoms with E-state index in [4.69, 9.17) is 11.1 Å². The molecule has 1 rings (SSSR count). The second kappa shape index (κ2) is 6.32. The maximum atomic E-state index is 11.2. The Bertz CT molecular complexity index is 423. The number of nitrogens with two attached hydrogens (primary N) is 1. The first-order chi connectivity index (χ1) is 8.17. The summed E-state index contributed by atoms with van der Waals surface area (Å²) in [5.41, 5.74) is 7.74. The Morgan fingerprint density at radius 1 is 1.41 bits per heavy atom. The molecule has 5 nitrogen and oxygen atoms in total. The zero-order chi connectivity index (χ0) is 12.7. The van der Waals surface area contributed by atoms with Gasteiger partial charge in [-0.2, -0.15) is 0 Å². The molecule has 0 aliphatic rings. The van der Waals surface area contributed by atoms with E-state index >= 15 is 0 Å². The predicted octanol–water partition coefficient (Wildman–Crippen LogP) is 1.78. The fourth-order valence-electron chi connectivity index (χ4n) is 1.27. The first kappa shape index (κ1) is 12.8. The lowest BCUT2D eigenvalue weighted by molar-refractivity contribution is 0.252. The largest absolute Gasteiger partial charge is 0.398 e. The number of anilines is 1. The standard InChI is InChI=1S/C12H16N4O/c1-2-15-12(17)16-10-5-3-9(4-6-10)11(14)7-8-13/h3-8,13H,2,14H2,1H3,(H2,15,16,17). The van der Waals surface area contributed by atoms with Crippen molar-refractivity contribution in [2.24, 2.45) is 5.73 Å². The SMILES string of the molecule is CCNC(=O)Nc1ccc(C(N)=CC=N)cc1. The van der Waals surface area contributed by atoms with E-state index in [2.05, 4.69) is 10.6 Å². The Hall–Kier alpha value is -2.30. The normalized spacial score (nSPS) is 10.8. The van der Waals surface area contributed by atoms with Crippen molar-refractivity contribution in [3.05, 3.63) is 35.9 Å². The average molecular weight is 232 g/mol. The number of benzene rings is 1. The molecule has 5 heteroatoms. The molecule has 0 saturated carbocycles. The van der Waals surface area contributed by atoms with E-state index in [1.807, 2.05) is 6.92 Å². The monoisotopic (exact) mass is 232 g/mol. The van der Waals surface area contributed by atoms with Gasteiger partial charge in [-0.05, 0) is 30.7 Å². The van der Waals surface area contributed by atoms with Gasteiger partial charge in [0, 0.05) is 24.1 Å². The smallest absolute Gasteiger partial charge is 0.319 e. The van der Waals surface area contributed by atoms with E-state index in [1.165, 1.54) is 6.08 Å². The van der Waals surface area contributed by atoms with E-state index in [0.29, 0.717) is 17.9 Å². The molecule has 0 saturated heterocycles. The minimum Gasteiger partial charge on any atom is -0.398 e. The molecule has 0 aliphatic heterocycles. The van der Waals surface area contributed by atoms with E-state index < -0.39 is 0 Å². The first-order valence-electron chi connectivity index (χ1n) is 5.29. The molecule has 0 unspecified atom stereocenters. The molecule has 0 heterocycles. The van der Waals surface area contributed by atoms with Gasteiger partial charge in [0.15, 0.2) is 0 Å². The molecule has 0 spiro atoms. The number of rotatable bonds is 4. The second-order valence-corrected chi connectivity index (χ2v) is 3.35. The van der Waals surface area contributed by atoms with Crippen molar-refractivity contribution < 1.29 is 4.79 Å². The Kier molecular flexibility index (Phi) is 4.75. The van der Waals surface area contributed by atoms with Gasteiger partial charge in [-0.3, -0.25) is 0 Å². The van der Waals surface area contributed by atoms with Gasteiger partial charge in [-0.15, -0.1) is 0 Å². The van der Waals surface area contributed by atoms with E-state index in [-0.39, 0.29) is 6.03 Å². The summed E-state index contributed by atoms with van der Waals surface area (Å²) >= 11 is 0. The van der Waals surface area contributed by atoms with Crippen molar-refractivity contribution in [1.29, 1.82) is 5.41 Å².